The summed E-state index contributed by atoms with van der Waals surface area (Å²) in [5.74, 6) is -1.05. The summed E-state index contributed by atoms with van der Waals surface area (Å²) in [6.07, 6.45) is -1.16. The van der Waals surface area contributed by atoms with Crippen molar-refractivity contribution in [2.75, 3.05) is 5.32 Å². The van der Waals surface area contributed by atoms with Gasteiger partial charge in [0.25, 0.3) is 0 Å². The minimum absolute atomic E-state index is 0.0717. The van der Waals surface area contributed by atoms with E-state index in [1.54, 1.807) is 12.1 Å². The summed E-state index contributed by atoms with van der Waals surface area (Å²) in [5, 5.41) is 20.2. The SMILES string of the molecule is O=C(O)Nc1ccc2cc(C(=O)O)[nH]c2c1. The number of carboxylic acid groups (broad SMARTS) is 2. The van der Waals surface area contributed by atoms with Gasteiger partial charge in [-0.1, -0.05) is 6.07 Å². The van der Waals surface area contributed by atoms with Gasteiger partial charge in [0.2, 0.25) is 0 Å². The Labute approximate surface area is 89.5 Å². The molecule has 82 valence electrons. The minimum atomic E-state index is -1.16. The van der Waals surface area contributed by atoms with E-state index in [2.05, 4.69) is 10.3 Å². The molecule has 0 aliphatic rings. The van der Waals surface area contributed by atoms with E-state index in [-0.39, 0.29) is 5.69 Å². The molecule has 6 nitrogen and oxygen atoms in total. The Kier molecular flexibility index (Phi) is 2.24. The van der Waals surface area contributed by atoms with Crippen molar-refractivity contribution in [2.24, 2.45) is 0 Å². The molecule has 0 unspecified atom stereocenters. The van der Waals surface area contributed by atoms with Crippen LogP contribution in [0.2, 0.25) is 0 Å². The maximum absolute atomic E-state index is 10.7. The standard InChI is InChI=1S/C10H8N2O4/c13-9(14)8-3-5-1-2-6(11-10(15)16)4-7(5)12-8/h1-4,11-12H,(H,13,14)(H,15,16). The van der Waals surface area contributed by atoms with Gasteiger partial charge in [-0.15, -0.1) is 0 Å². The third kappa shape index (κ3) is 1.81. The van der Waals surface area contributed by atoms with Gasteiger partial charge in [-0.3, -0.25) is 5.32 Å². The Morgan fingerprint density at radius 1 is 1.19 bits per heavy atom. The molecule has 1 heterocycles. The normalized spacial score (nSPS) is 10.2. The fourth-order valence-electron chi connectivity index (χ4n) is 1.44. The van der Waals surface area contributed by atoms with E-state index < -0.39 is 12.1 Å². The number of benzene rings is 1. The van der Waals surface area contributed by atoms with Crippen LogP contribution in [0.4, 0.5) is 10.5 Å². The molecule has 0 aliphatic heterocycles. The van der Waals surface area contributed by atoms with Crippen molar-refractivity contribution in [3.05, 3.63) is 30.0 Å². The zero-order valence-electron chi connectivity index (χ0n) is 8.02. The van der Waals surface area contributed by atoms with Gasteiger partial charge >= 0.3 is 12.1 Å². The number of aromatic carboxylic acids is 1. The van der Waals surface area contributed by atoms with Crippen molar-refractivity contribution in [1.82, 2.24) is 4.98 Å². The lowest BCUT2D eigenvalue weighted by Gasteiger charge is -1.99. The molecule has 0 saturated heterocycles. The summed E-state index contributed by atoms with van der Waals surface area (Å²) in [6.45, 7) is 0. The van der Waals surface area contributed by atoms with Gasteiger partial charge in [0.05, 0.1) is 0 Å². The van der Waals surface area contributed by atoms with Crippen LogP contribution in [0, 0.1) is 0 Å². The molecule has 6 heteroatoms. The van der Waals surface area contributed by atoms with Crippen LogP contribution in [-0.4, -0.2) is 27.3 Å². The third-order valence-corrected chi connectivity index (χ3v) is 2.10. The lowest BCUT2D eigenvalue weighted by Crippen LogP contribution is -2.06. The zero-order chi connectivity index (χ0) is 11.7. The predicted octanol–water partition coefficient (Wildman–Crippen LogP) is 1.96. The number of rotatable bonds is 2. The van der Waals surface area contributed by atoms with E-state index in [0.29, 0.717) is 16.6 Å². The number of hydrogen-bond donors (Lipinski definition) is 4. The van der Waals surface area contributed by atoms with Crippen molar-refractivity contribution in [3.8, 4) is 0 Å². The van der Waals surface area contributed by atoms with Crippen LogP contribution in [-0.2, 0) is 0 Å². The summed E-state index contributed by atoms with van der Waals surface area (Å²) in [6, 6.07) is 6.23. The van der Waals surface area contributed by atoms with Crippen LogP contribution in [0.3, 0.4) is 0 Å². The molecule has 0 fully saturated rings. The van der Waals surface area contributed by atoms with Crippen LogP contribution in [0.25, 0.3) is 10.9 Å². The molecular weight excluding hydrogens is 212 g/mol. The highest BCUT2D eigenvalue weighted by atomic mass is 16.4. The van der Waals surface area contributed by atoms with Crippen molar-refractivity contribution < 1.29 is 19.8 Å². The van der Waals surface area contributed by atoms with E-state index in [1.165, 1.54) is 12.1 Å². The second kappa shape index (κ2) is 3.58. The van der Waals surface area contributed by atoms with Crippen LogP contribution in [0.1, 0.15) is 10.5 Å². The second-order valence-corrected chi connectivity index (χ2v) is 3.22. The number of anilines is 1. The molecule has 0 saturated carbocycles. The quantitative estimate of drug-likeness (QED) is 0.621. The number of carbonyl (C=O) groups is 2. The highest BCUT2D eigenvalue weighted by Gasteiger charge is 2.08. The fraction of sp³-hybridized carbons (Fsp3) is 0. The van der Waals surface area contributed by atoms with Gasteiger partial charge in [-0.2, -0.15) is 0 Å². The molecule has 0 radical (unpaired) electrons. The molecule has 1 aromatic heterocycles. The molecular formula is C10H8N2O4. The Hall–Kier alpha value is -2.50. The lowest BCUT2D eigenvalue weighted by molar-refractivity contribution is 0.0691. The first-order valence-electron chi connectivity index (χ1n) is 4.42. The number of amides is 1. The van der Waals surface area contributed by atoms with Crippen LogP contribution < -0.4 is 5.32 Å². The first kappa shape index (κ1) is 10.0. The van der Waals surface area contributed by atoms with E-state index in [4.69, 9.17) is 10.2 Å². The Morgan fingerprint density at radius 3 is 2.56 bits per heavy atom. The van der Waals surface area contributed by atoms with Crippen molar-refractivity contribution in [3.63, 3.8) is 0 Å². The molecule has 0 spiro atoms. The van der Waals surface area contributed by atoms with Crippen LogP contribution in [0.5, 0.6) is 0 Å². The van der Waals surface area contributed by atoms with E-state index >= 15 is 0 Å². The molecule has 2 rings (SSSR count). The molecule has 1 amide bonds. The van der Waals surface area contributed by atoms with E-state index in [9.17, 15) is 9.59 Å². The van der Waals surface area contributed by atoms with Gasteiger partial charge in [0.1, 0.15) is 5.69 Å². The number of fused-ring (bicyclic) bond motifs is 1. The minimum Gasteiger partial charge on any atom is -0.477 e. The Bertz CT molecular complexity index is 573. The smallest absolute Gasteiger partial charge is 0.409 e. The van der Waals surface area contributed by atoms with Crippen LogP contribution >= 0.6 is 0 Å². The monoisotopic (exact) mass is 220 g/mol. The van der Waals surface area contributed by atoms with Gasteiger partial charge in [-0.25, -0.2) is 9.59 Å². The molecule has 0 atom stereocenters. The number of carboxylic acids is 1. The number of aromatic nitrogens is 1. The van der Waals surface area contributed by atoms with E-state index in [0.717, 1.165) is 0 Å². The lowest BCUT2D eigenvalue weighted by atomic mass is 10.2. The largest absolute Gasteiger partial charge is 0.477 e. The summed E-state index contributed by atoms with van der Waals surface area (Å²) < 4.78 is 0. The second-order valence-electron chi connectivity index (χ2n) is 3.22. The summed E-state index contributed by atoms with van der Waals surface area (Å²) in [4.78, 5) is 23.8. The molecule has 2 aromatic rings. The predicted molar refractivity (Wildman–Crippen MR) is 56.9 cm³/mol. The van der Waals surface area contributed by atoms with Gasteiger partial charge in [-0.05, 0) is 18.2 Å². The molecule has 16 heavy (non-hydrogen) atoms. The number of aromatic amines is 1. The molecule has 0 aliphatic carbocycles. The average Bonchev–Trinajstić information content (AvgIpc) is 2.59. The maximum Gasteiger partial charge on any atom is 0.409 e. The Balaban J connectivity index is 2.45. The van der Waals surface area contributed by atoms with E-state index in [1.807, 2.05) is 0 Å². The first-order chi connectivity index (χ1) is 7.56. The topological polar surface area (TPSA) is 102 Å². The molecule has 0 bridgehead atoms. The van der Waals surface area contributed by atoms with Gasteiger partial charge in [0, 0.05) is 16.6 Å². The first-order valence-corrected chi connectivity index (χ1v) is 4.42. The number of hydrogen-bond acceptors (Lipinski definition) is 2. The zero-order valence-corrected chi connectivity index (χ0v) is 8.02. The van der Waals surface area contributed by atoms with Gasteiger partial charge < -0.3 is 15.2 Å². The highest BCUT2D eigenvalue weighted by Crippen LogP contribution is 2.19. The summed E-state index contributed by atoms with van der Waals surface area (Å²) in [7, 11) is 0. The maximum atomic E-state index is 10.7. The van der Waals surface area contributed by atoms with Crippen LogP contribution in [0.15, 0.2) is 24.3 Å². The van der Waals surface area contributed by atoms with Crippen molar-refractivity contribution >= 4 is 28.7 Å². The highest BCUT2D eigenvalue weighted by molar-refractivity contribution is 5.95. The summed E-state index contributed by atoms with van der Waals surface area (Å²) >= 11 is 0. The number of nitrogens with one attached hydrogen (secondary N) is 2. The van der Waals surface area contributed by atoms with Gasteiger partial charge in [0.15, 0.2) is 0 Å². The van der Waals surface area contributed by atoms with Crippen molar-refractivity contribution in [1.29, 1.82) is 0 Å². The third-order valence-electron chi connectivity index (χ3n) is 2.10. The molecule has 4 N–H and O–H groups in total. The average molecular weight is 220 g/mol. The fourth-order valence-corrected chi connectivity index (χ4v) is 1.44. The van der Waals surface area contributed by atoms with Crippen molar-refractivity contribution in [2.45, 2.75) is 0 Å². The number of H-pyrrole nitrogens is 1. The Morgan fingerprint density at radius 2 is 1.94 bits per heavy atom. The molecule has 1 aromatic carbocycles. The summed E-state index contributed by atoms with van der Waals surface area (Å²) in [5.41, 5.74) is 1.03.